The van der Waals surface area contributed by atoms with Crippen LogP contribution in [0.5, 0.6) is 0 Å². The van der Waals surface area contributed by atoms with E-state index in [2.05, 4.69) is 31.0 Å². The number of hydrogen-bond acceptors (Lipinski definition) is 2. The summed E-state index contributed by atoms with van der Waals surface area (Å²) in [4.78, 5) is 2.43. The van der Waals surface area contributed by atoms with Crippen molar-refractivity contribution in [1.29, 1.82) is 0 Å². The molecule has 1 aromatic rings. The summed E-state index contributed by atoms with van der Waals surface area (Å²) in [6.07, 6.45) is 3.68. The van der Waals surface area contributed by atoms with Crippen LogP contribution in [-0.2, 0) is 13.1 Å². The van der Waals surface area contributed by atoms with Crippen LogP contribution in [0.15, 0.2) is 18.2 Å². The van der Waals surface area contributed by atoms with Crippen molar-refractivity contribution >= 4 is 0 Å². The van der Waals surface area contributed by atoms with Crippen molar-refractivity contribution in [3.05, 3.63) is 35.1 Å². The highest BCUT2D eigenvalue weighted by Crippen LogP contribution is 2.29. The van der Waals surface area contributed by atoms with Crippen LogP contribution < -0.4 is 5.32 Å². The average molecular weight is 278 g/mol. The molecule has 2 nitrogen and oxygen atoms in total. The molecule has 0 amide bonds. The minimum absolute atomic E-state index is 0.0694. The molecular formula is C17H27FN2. The van der Waals surface area contributed by atoms with E-state index < -0.39 is 0 Å². The van der Waals surface area contributed by atoms with Gasteiger partial charge in [-0.05, 0) is 37.4 Å². The smallest absolute Gasteiger partial charge is 0.127 e. The Morgan fingerprint density at radius 3 is 2.70 bits per heavy atom. The molecule has 0 aromatic heterocycles. The molecular weight excluding hydrogens is 251 g/mol. The van der Waals surface area contributed by atoms with E-state index >= 15 is 0 Å². The summed E-state index contributed by atoms with van der Waals surface area (Å²) >= 11 is 0. The van der Waals surface area contributed by atoms with Gasteiger partial charge in [0, 0.05) is 30.7 Å². The fraction of sp³-hybridized carbons (Fsp3) is 0.647. The Hall–Kier alpha value is -0.930. The molecule has 1 N–H and O–H groups in total. The monoisotopic (exact) mass is 278 g/mol. The lowest BCUT2D eigenvalue weighted by atomic mass is 10.1. The van der Waals surface area contributed by atoms with E-state index in [0.717, 1.165) is 31.6 Å². The summed E-state index contributed by atoms with van der Waals surface area (Å²) in [5.41, 5.74) is 2.01. The highest BCUT2D eigenvalue weighted by Gasteiger charge is 2.28. The van der Waals surface area contributed by atoms with Crippen molar-refractivity contribution in [3.8, 4) is 0 Å². The molecule has 0 unspecified atom stereocenters. The van der Waals surface area contributed by atoms with Gasteiger partial charge in [0.1, 0.15) is 5.82 Å². The van der Waals surface area contributed by atoms with E-state index in [4.69, 9.17) is 0 Å². The molecule has 1 fully saturated rings. The predicted octanol–water partition coefficient (Wildman–Crippen LogP) is 3.70. The van der Waals surface area contributed by atoms with Gasteiger partial charge in [-0.15, -0.1) is 0 Å². The zero-order chi connectivity index (χ0) is 14.5. The number of rotatable bonds is 8. The van der Waals surface area contributed by atoms with Crippen LogP contribution in [0.1, 0.15) is 51.2 Å². The average Bonchev–Trinajstić information content (AvgIpc) is 3.23. The van der Waals surface area contributed by atoms with Crippen LogP contribution in [0.2, 0.25) is 0 Å². The number of halogens is 1. The molecule has 0 atom stereocenters. The van der Waals surface area contributed by atoms with Crippen molar-refractivity contribution in [2.75, 3.05) is 6.54 Å². The lowest BCUT2D eigenvalue weighted by Crippen LogP contribution is -2.27. The SMILES string of the molecule is CCCN(Cc1cc(CNC(C)C)ccc1F)C1CC1. The van der Waals surface area contributed by atoms with Crippen molar-refractivity contribution in [2.45, 2.75) is 65.2 Å². The molecule has 3 heteroatoms. The third-order valence-electron chi connectivity index (χ3n) is 3.77. The molecule has 0 bridgehead atoms. The highest BCUT2D eigenvalue weighted by atomic mass is 19.1. The van der Waals surface area contributed by atoms with Crippen molar-refractivity contribution < 1.29 is 4.39 Å². The number of benzene rings is 1. The number of nitrogens with one attached hydrogen (secondary N) is 1. The zero-order valence-corrected chi connectivity index (χ0v) is 13.0. The summed E-state index contributed by atoms with van der Waals surface area (Å²) in [5.74, 6) is -0.0694. The van der Waals surface area contributed by atoms with Gasteiger partial charge in [0.2, 0.25) is 0 Å². The first-order chi connectivity index (χ1) is 9.60. The second kappa shape index (κ2) is 7.19. The molecule has 0 spiro atoms. The second-order valence-electron chi connectivity index (χ2n) is 6.16. The van der Waals surface area contributed by atoms with Gasteiger partial charge in [-0.1, -0.05) is 32.9 Å². The Morgan fingerprint density at radius 1 is 1.35 bits per heavy atom. The maximum absolute atomic E-state index is 14.0. The molecule has 0 radical (unpaired) electrons. The van der Waals surface area contributed by atoms with Crippen molar-refractivity contribution in [1.82, 2.24) is 10.2 Å². The molecule has 0 heterocycles. The molecule has 1 aliphatic rings. The number of nitrogens with zero attached hydrogens (tertiary/aromatic N) is 1. The largest absolute Gasteiger partial charge is 0.310 e. The van der Waals surface area contributed by atoms with E-state index in [1.807, 2.05) is 12.1 Å². The van der Waals surface area contributed by atoms with Gasteiger partial charge in [0.15, 0.2) is 0 Å². The molecule has 1 saturated carbocycles. The van der Waals surface area contributed by atoms with Gasteiger partial charge < -0.3 is 5.32 Å². The van der Waals surface area contributed by atoms with E-state index in [0.29, 0.717) is 12.1 Å². The molecule has 0 saturated heterocycles. The van der Waals surface area contributed by atoms with Crippen LogP contribution in [0.3, 0.4) is 0 Å². The first-order valence-corrected chi connectivity index (χ1v) is 7.85. The fourth-order valence-corrected chi connectivity index (χ4v) is 2.52. The van der Waals surface area contributed by atoms with E-state index in [-0.39, 0.29) is 5.82 Å². The fourth-order valence-electron chi connectivity index (χ4n) is 2.52. The van der Waals surface area contributed by atoms with Crippen molar-refractivity contribution in [3.63, 3.8) is 0 Å². The van der Waals surface area contributed by atoms with E-state index in [9.17, 15) is 4.39 Å². The van der Waals surface area contributed by atoms with E-state index in [1.54, 1.807) is 6.07 Å². The molecule has 20 heavy (non-hydrogen) atoms. The second-order valence-corrected chi connectivity index (χ2v) is 6.16. The van der Waals surface area contributed by atoms with Crippen LogP contribution in [0.4, 0.5) is 4.39 Å². The zero-order valence-electron chi connectivity index (χ0n) is 13.0. The van der Waals surface area contributed by atoms with Crippen LogP contribution in [0, 0.1) is 5.82 Å². The van der Waals surface area contributed by atoms with Crippen LogP contribution in [-0.4, -0.2) is 23.5 Å². The molecule has 0 aliphatic heterocycles. The summed E-state index contributed by atoms with van der Waals surface area (Å²) < 4.78 is 14.0. The molecule has 2 rings (SSSR count). The third-order valence-corrected chi connectivity index (χ3v) is 3.77. The Labute approximate surface area is 122 Å². The highest BCUT2D eigenvalue weighted by molar-refractivity contribution is 5.25. The van der Waals surface area contributed by atoms with Gasteiger partial charge in [0.25, 0.3) is 0 Å². The minimum Gasteiger partial charge on any atom is -0.310 e. The molecule has 112 valence electrons. The van der Waals surface area contributed by atoms with Crippen LogP contribution >= 0.6 is 0 Å². The third kappa shape index (κ3) is 4.57. The van der Waals surface area contributed by atoms with E-state index in [1.165, 1.54) is 18.4 Å². The summed E-state index contributed by atoms with van der Waals surface area (Å²) in [6, 6.07) is 6.66. The Bertz CT molecular complexity index is 427. The maximum atomic E-state index is 14.0. The normalized spacial score (nSPS) is 15.3. The minimum atomic E-state index is -0.0694. The Kier molecular flexibility index (Phi) is 5.55. The quantitative estimate of drug-likeness (QED) is 0.780. The standard InChI is InChI=1S/C17H27FN2/c1-4-9-20(16-6-7-16)12-15-10-14(5-8-17(15)18)11-19-13(2)3/h5,8,10,13,16,19H,4,6-7,9,11-12H2,1-3H3. The lowest BCUT2D eigenvalue weighted by Gasteiger charge is -2.22. The topological polar surface area (TPSA) is 15.3 Å². The predicted molar refractivity (Wildman–Crippen MR) is 82.1 cm³/mol. The number of hydrogen-bond donors (Lipinski definition) is 1. The summed E-state index contributed by atoms with van der Waals surface area (Å²) in [6.45, 7) is 9.07. The Balaban J connectivity index is 2.03. The summed E-state index contributed by atoms with van der Waals surface area (Å²) in [5, 5.41) is 3.39. The first-order valence-electron chi connectivity index (χ1n) is 7.85. The summed E-state index contributed by atoms with van der Waals surface area (Å²) in [7, 11) is 0. The van der Waals surface area contributed by atoms with Gasteiger partial charge in [-0.25, -0.2) is 4.39 Å². The van der Waals surface area contributed by atoms with Crippen molar-refractivity contribution in [2.24, 2.45) is 0 Å². The Morgan fingerprint density at radius 2 is 2.10 bits per heavy atom. The van der Waals surface area contributed by atoms with Gasteiger partial charge in [-0.3, -0.25) is 4.90 Å². The molecule has 1 aliphatic carbocycles. The first kappa shape index (κ1) is 15.5. The van der Waals surface area contributed by atoms with Gasteiger partial charge >= 0.3 is 0 Å². The maximum Gasteiger partial charge on any atom is 0.127 e. The lowest BCUT2D eigenvalue weighted by molar-refractivity contribution is 0.251. The van der Waals surface area contributed by atoms with Crippen LogP contribution in [0.25, 0.3) is 0 Å². The molecule has 1 aromatic carbocycles. The van der Waals surface area contributed by atoms with Gasteiger partial charge in [-0.2, -0.15) is 0 Å². The van der Waals surface area contributed by atoms with Gasteiger partial charge in [0.05, 0.1) is 0 Å².